The van der Waals surface area contributed by atoms with Crippen molar-refractivity contribution in [2.45, 2.75) is 26.7 Å². The summed E-state index contributed by atoms with van der Waals surface area (Å²) in [6.07, 6.45) is 2.34. The van der Waals surface area contributed by atoms with Gasteiger partial charge in [0.1, 0.15) is 0 Å². The van der Waals surface area contributed by atoms with Gasteiger partial charge in [-0.15, -0.1) is 0 Å². The quantitative estimate of drug-likeness (QED) is 0.497. The summed E-state index contributed by atoms with van der Waals surface area (Å²) in [7, 11) is 0. The Hall–Kier alpha value is 0.750. The topological polar surface area (TPSA) is 94.5 Å². The normalized spacial score (nSPS) is 6.00. The molecule has 0 aliphatic rings. The second kappa shape index (κ2) is 22.6. The minimum atomic E-state index is 0. The van der Waals surface area contributed by atoms with Gasteiger partial charge in [-0.25, -0.2) is 0 Å². The molecular formula is C6H19HfO3-. The average molecular weight is 318 g/mol. The van der Waals surface area contributed by atoms with Gasteiger partial charge in [-0.2, -0.15) is 6.42 Å². The van der Waals surface area contributed by atoms with Crippen molar-refractivity contribution in [3.05, 3.63) is 6.92 Å². The molecule has 0 radical (unpaired) electrons. The molecule has 0 aromatic heterocycles. The molecule has 0 atom stereocenters. The van der Waals surface area contributed by atoms with Crippen molar-refractivity contribution >= 4 is 0 Å². The standard InChI is InChI=1S/C6H13.Hf.3H2O/c1-4-5-6(2)3;;;;/h6H,1,4-5H2,2-3H3;;3*1H2/q-1;;;;. The molecule has 0 fully saturated rings. The van der Waals surface area contributed by atoms with E-state index >= 15 is 0 Å². The Morgan fingerprint density at radius 1 is 1.10 bits per heavy atom. The Kier molecular flexibility index (Phi) is 69.8. The molecule has 0 rings (SSSR count). The first-order chi connectivity index (χ1) is 2.77. The Morgan fingerprint density at radius 2 is 1.40 bits per heavy atom. The molecular weight excluding hydrogens is 299 g/mol. The van der Waals surface area contributed by atoms with Crippen LogP contribution in [0.1, 0.15) is 26.7 Å². The van der Waals surface area contributed by atoms with Gasteiger partial charge in [-0.3, -0.25) is 0 Å². The number of hydrogen-bond donors (Lipinski definition) is 0. The molecule has 0 aromatic rings. The Bertz CT molecular complexity index is 34.2. The molecule has 0 saturated carbocycles. The third kappa shape index (κ3) is 37.4. The van der Waals surface area contributed by atoms with Crippen LogP contribution in [0, 0.1) is 12.8 Å². The van der Waals surface area contributed by atoms with Crippen molar-refractivity contribution in [1.82, 2.24) is 0 Å². The minimum absolute atomic E-state index is 0. The molecule has 0 amide bonds. The smallest absolute Gasteiger partial charge is 0 e. The third-order valence-corrected chi connectivity index (χ3v) is 0.781. The molecule has 4 heteroatoms. The SMILES string of the molecule is O.O.O.[CH2-]CCC(C)C.[Hf]. The van der Waals surface area contributed by atoms with Crippen molar-refractivity contribution in [2.75, 3.05) is 0 Å². The first-order valence-corrected chi connectivity index (χ1v) is 2.56. The predicted molar refractivity (Wildman–Crippen MR) is 40.3 cm³/mol. The molecule has 6 N–H and O–H groups in total. The van der Waals surface area contributed by atoms with Crippen molar-refractivity contribution in [1.29, 1.82) is 0 Å². The van der Waals surface area contributed by atoms with Crippen molar-refractivity contribution in [3.63, 3.8) is 0 Å². The van der Waals surface area contributed by atoms with E-state index in [1.807, 2.05) is 0 Å². The van der Waals surface area contributed by atoms with E-state index in [9.17, 15) is 0 Å². The summed E-state index contributed by atoms with van der Waals surface area (Å²) in [4.78, 5) is 0. The van der Waals surface area contributed by atoms with Crippen LogP contribution < -0.4 is 0 Å². The number of hydrogen-bond acceptors (Lipinski definition) is 0. The zero-order chi connectivity index (χ0) is 4.99. The summed E-state index contributed by atoms with van der Waals surface area (Å²) in [5.41, 5.74) is 0. The molecule has 0 saturated heterocycles. The second-order valence-electron chi connectivity index (χ2n) is 2.04. The third-order valence-electron chi connectivity index (χ3n) is 0.781. The van der Waals surface area contributed by atoms with Gasteiger partial charge in [0.05, 0.1) is 0 Å². The molecule has 0 aromatic carbocycles. The van der Waals surface area contributed by atoms with E-state index in [4.69, 9.17) is 0 Å². The zero-order valence-electron chi connectivity index (χ0n) is 6.70. The van der Waals surface area contributed by atoms with Crippen LogP contribution in [0.3, 0.4) is 0 Å². The van der Waals surface area contributed by atoms with Gasteiger partial charge in [0.25, 0.3) is 0 Å². The van der Waals surface area contributed by atoms with E-state index in [-0.39, 0.29) is 42.3 Å². The molecule has 0 unspecified atom stereocenters. The molecule has 66 valence electrons. The van der Waals surface area contributed by atoms with Gasteiger partial charge in [-0.05, 0) is 5.92 Å². The van der Waals surface area contributed by atoms with Gasteiger partial charge in [-0.1, -0.05) is 20.3 Å². The van der Waals surface area contributed by atoms with Crippen molar-refractivity contribution in [2.24, 2.45) is 5.92 Å². The van der Waals surface area contributed by atoms with Gasteiger partial charge >= 0.3 is 0 Å². The van der Waals surface area contributed by atoms with E-state index in [2.05, 4.69) is 20.8 Å². The van der Waals surface area contributed by atoms with E-state index in [1.165, 1.54) is 6.42 Å². The predicted octanol–water partition coefficient (Wildman–Crippen LogP) is -0.220. The average Bonchev–Trinajstić information content (AvgIpc) is 1.35. The molecule has 0 aliphatic heterocycles. The van der Waals surface area contributed by atoms with E-state index < -0.39 is 0 Å². The van der Waals surface area contributed by atoms with E-state index in [0.29, 0.717) is 0 Å². The molecule has 3 nitrogen and oxygen atoms in total. The van der Waals surface area contributed by atoms with Crippen LogP contribution in [0.15, 0.2) is 0 Å². The minimum Gasteiger partial charge on any atom is -0.412 e. The molecule has 0 bridgehead atoms. The maximum Gasteiger partial charge on any atom is 0 e. The largest absolute Gasteiger partial charge is 0.412 e. The fourth-order valence-electron chi connectivity index (χ4n) is 0.408. The van der Waals surface area contributed by atoms with E-state index in [0.717, 1.165) is 12.3 Å². The van der Waals surface area contributed by atoms with Gasteiger partial charge < -0.3 is 23.4 Å². The first kappa shape index (κ1) is 30.9. The fourth-order valence-corrected chi connectivity index (χ4v) is 0.408. The van der Waals surface area contributed by atoms with Crippen LogP contribution in [0.2, 0.25) is 0 Å². The van der Waals surface area contributed by atoms with Gasteiger partial charge in [0, 0.05) is 25.8 Å². The molecule has 0 spiro atoms. The van der Waals surface area contributed by atoms with Crippen molar-refractivity contribution < 1.29 is 42.3 Å². The summed E-state index contributed by atoms with van der Waals surface area (Å²) in [6, 6.07) is 0. The summed E-state index contributed by atoms with van der Waals surface area (Å²) >= 11 is 0. The van der Waals surface area contributed by atoms with Crippen molar-refractivity contribution in [3.8, 4) is 0 Å². The summed E-state index contributed by atoms with van der Waals surface area (Å²) in [6.45, 7) is 8.15. The first-order valence-electron chi connectivity index (χ1n) is 2.56. The van der Waals surface area contributed by atoms with Crippen LogP contribution in [0.4, 0.5) is 0 Å². The van der Waals surface area contributed by atoms with Crippen LogP contribution in [-0.4, -0.2) is 16.4 Å². The Balaban J connectivity index is -0.0000000208. The monoisotopic (exact) mass is 319 g/mol. The Labute approximate surface area is 81.9 Å². The molecule has 0 aliphatic carbocycles. The van der Waals surface area contributed by atoms with Gasteiger partial charge in [0.15, 0.2) is 0 Å². The number of rotatable bonds is 2. The van der Waals surface area contributed by atoms with Crippen LogP contribution in [0.5, 0.6) is 0 Å². The maximum atomic E-state index is 3.73. The Morgan fingerprint density at radius 3 is 1.40 bits per heavy atom. The zero-order valence-corrected chi connectivity index (χ0v) is 10.3. The van der Waals surface area contributed by atoms with Crippen LogP contribution in [-0.2, 0) is 25.8 Å². The summed E-state index contributed by atoms with van der Waals surface area (Å²) < 4.78 is 0. The van der Waals surface area contributed by atoms with E-state index in [1.54, 1.807) is 0 Å². The fraction of sp³-hybridized carbons (Fsp3) is 0.833. The van der Waals surface area contributed by atoms with Crippen LogP contribution >= 0.6 is 0 Å². The van der Waals surface area contributed by atoms with Gasteiger partial charge in [0.2, 0.25) is 0 Å². The summed E-state index contributed by atoms with van der Waals surface area (Å²) in [5, 5.41) is 0. The molecule has 10 heavy (non-hydrogen) atoms. The maximum absolute atomic E-state index is 3.73. The summed E-state index contributed by atoms with van der Waals surface area (Å²) in [5.74, 6) is 0.836. The molecule has 0 heterocycles. The second-order valence-corrected chi connectivity index (χ2v) is 2.04. The van der Waals surface area contributed by atoms with Crippen LogP contribution in [0.25, 0.3) is 0 Å².